The summed E-state index contributed by atoms with van der Waals surface area (Å²) in [6.45, 7) is 0. The normalized spacial score (nSPS) is 10.5. The molecular weight excluding hydrogens is 202 g/mol. The van der Waals surface area contributed by atoms with Gasteiger partial charge in [-0.2, -0.15) is 15.4 Å². The molecule has 0 unspecified atom stereocenters. The lowest BCUT2D eigenvalue weighted by atomic mass is 10.3. The van der Waals surface area contributed by atoms with Crippen molar-refractivity contribution in [3.8, 4) is 11.5 Å². The fourth-order valence-corrected chi connectivity index (χ4v) is 1.51. The maximum absolute atomic E-state index is 5.67. The van der Waals surface area contributed by atoms with Crippen molar-refractivity contribution in [1.82, 2.24) is 15.4 Å². The molecule has 0 aliphatic rings. The van der Waals surface area contributed by atoms with Crippen LogP contribution in [-0.2, 0) is 0 Å². The Morgan fingerprint density at radius 1 is 0.812 bits per heavy atom. The summed E-state index contributed by atoms with van der Waals surface area (Å²) in [7, 11) is 0. The van der Waals surface area contributed by atoms with Gasteiger partial charge in [-0.25, -0.2) is 0 Å². The quantitative estimate of drug-likeness (QED) is 0.709. The van der Waals surface area contributed by atoms with E-state index in [1.54, 1.807) is 0 Å². The van der Waals surface area contributed by atoms with E-state index in [4.69, 9.17) is 4.74 Å². The van der Waals surface area contributed by atoms with E-state index in [0.717, 1.165) is 22.5 Å². The summed E-state index contributed by atoms with van der Waals surface area (Å²) in [6, 6.07) is 15.2. The van der Waals surface area contributed by atoms with E-state index in [2.05, 4.69) is 15.4 Å². The molecule has 1 heterocycles. The molecule has 1 aromatic heterocycles. The van der Waals surface area contributed by atoms with Crippen molar-refractivity contribution < 1.29 is 4.74 Å². The number of aromatic nitrogens is 3. The van der Waals surface area contributed by atoms with Crippen LogP contribution in [0.5, 0.6) is 11.5 Å². The second kappa shape index (κ2) is 3.66. The smallest absolute Gasteiger partial charge is 0.129 e. The number of hydrogen-bond donors (Lipinski definition) is 1. The number of rotatable bonds is 2. The Morgan fingerprint density at radius 3 is 2.50 bits per heavy atom. The summed E-state index contributed by atoms with van der Waals surface area (Å²) in [6.07, 6.45) is 0. The maximum Gasteiger partial charge on any atom is 0.129 e. The largest absolute Gasteiger partial charge is 0.457 e. The van der Waals surface area contributed by atoms with E-state index >= 15 is 0 Å². The average molecular weight is 211 g/mol. The van der Waals surface area contributed by atoms with E-state index in [0.29, 0.717) is 0 Å². The summed E-state index contributed by atoms with van der Waals surface area (Å²) in [5.74, 6) is 1.57. The number of nitrogens with one attached hydrogen (secondary N) is 1. The second-order valence-electron chi connectivity index (χ2n) is 3.39. The highest BCUT2D eigenvalue weighted by Gasteiger charge is 2.01. The minimum atomic E-state index is 0.757. The van der Waals surface area contributed by atoms with Gasteiger partial charge >= 0.3 is 0 Å². The first-order valence-corrected chi connectivity index (χ1v) is 4.95. The molecule has 16 heavy (non-hydrogen) atoms. The Labute approximate surface area is 91.9 Å². The second-order valence-corrected chi connectivity index (χ2v) is 3.39. The van der Waals surface area contributed by atoms with Crippen LogP contribution in [0.25, 0.3) is 11.0 Å². The number of H-pyrrole nitrogens is 1. The molecule has 0 fully saturated rings. The van der Waals surface area contributed by atoms with Gasteiger partial charge in [-0.3, -0.25) is 0 Å². The van der Waals surface area contributed by atoms with Crippen molar-refractivity contribution >= 4 is 11.0 Å². The molecule has 0 radical (unpaired) electrons. The van der Waals surface area contributed by atoms with Crippen molar-refractivity contribution in [3.63, 3.8) is 0 Å². The van der Waals surface area contributed by atoms with Crippen LogP contribution in [0.1, 0.15) is 0 Å². The lowest BCUT2D eigenvalue weighted by Crippen LogP contribution is -1.83. The number of aromatic amines is 1. The molecule has 78 valence electrons. The van der Waals surface area contributed by atoms with Gasteiger partial charge in [0.05, 0.1) is 0 Å². The van der Waals surface area contributed by atoms with Gasteiger partial charge in [0.2, 0.25) is 0 Å². The van der Waals surface area contributed by atoms with Gasteiger partial charge in [0, 0.05) is 6.07 Å². The maximum atomic E-state index is 5.67. The van der Waals surface area contributed by atoms with Crippen LogP contribution in [0, 0.1) is 0 Å². The van der Waals surface area contributed by atoms with Crippen molar-refractivity contribution in [2.45, 2.75) is 0 Å². The van der Waals surface area contributed by atoms with Gasteiger partial charge in [-0.15, -0.1) is 0 Å². The zero-order chi connectivity index (χ0) is 10.8. The van der Waals surface area contributed by atoms with Crippen molar-refractivity contribution in [3.05, 3.63) is 48.5 Å². The Kier molecular flexibility index (Phi) is 2.04. The third-order valence-electron chi connectivity index (χ3n) is 2.27. The molecule has 1 N–H and O–H groups in total. The van der Waals surface area contributed by atoms with Crippen LogP contribution >= 0.6 is 0 Å². The van der Waals surface area contributed by atoms with Crippen LogP contribution in [0.3, 0.4) is 0 Å². The SMILES string of the molecule is c1ccc(Oc2ccc3n[nH]nc3c2)cc1. The first kappa shape index (κ1) is 8.91. The van der Waals surface area contributed by atoms with Crippen LogP contribution in [0.4, 0.5) is 0 Å². The number of nitrogens with zero attached hydrogens (tertiary/aromatic N) is 2. The zero-order valence-electron chi connectivity index (χ0n) is 8.42. The molecule has 3 rings (SSSR count). The number of benzene rings is 2. The van der Waals surface area contributed by atoms with Crippen molar-refractivity contribution in [1.29, 1.82) is 0 Å². The Balaban J connectivity index is 1.94. The van der Waals surface area contributed by atoms with E-state index in [1.807, 2.05) is 48.5 Å². The fraction of sp³-hybridized carbons (Fsp3) is 0. The standard InChI is InChI=1S/C12H9N3O/c1-2-4-9(5-3-1)16-10-6-7-11-12(8-10)14-15-13-11/h1-8H,(H,13,14,15). The summed E-state index contributed by atoms with van der Waals surface area (Å²) in [5.41, 5.74) is 1.63. The third kappa shape index (κ3) is 1.61. The molecule has 0 saturated heterocycles. The molecule has 0 spiro atoms. The number of hydrogen-bond acceptors (Lipinski definition) is 3. The van der Waals surface area contributed by atoms with Crippen LogP contribution in [0.15, 0.2) is 48.5 Å². The number of para-hydroxylation sites is 1. The molecule has 4 heteroatoms. The molecule has 0 saturated carbocycles. The predicted octanol–water partition coefficient (Wildman–Crippen LogP) is 2.75. The van der Waals surface area contributed by atoms with Crippen molar-refractivity contribution in [2.24, 2.45) is 0 Å². The van der Waals surface area contributed by atoms with E-state index in [9.17, 15) is 0 Å². The van der Waals surface area contributed by atoms with E-state index < -0.39 is 0 Å². The lowest BCUT2D eigenvalue weighted by molar-refractivity contribution is 0.483. The highest BCUT2D eigenvalue weighted by molar-refractivity contribution is 5.75. The summed E-state index contributed by atoms with van der Waals surface area (Å²) >= 11 is 0. The van der Waals surface area contributed by atoms with Gasteiger partial charge in [-0.05, 0) is 24.3 Å². The first-order chi connectivity index (χ1) is 7.92. The molecule has 3 aromatic rings. The zero-order valence-corrected chi connectivity index (χ0v) is 8.42. The Hall–Kier alpha value is -2.36. The number of fused-ring (bicyclic) bond motifs is 1. The Morgan fingerprint density at radius 2 is 1.62 bits per heavy atom. The Bertz CT molecular complexity index is 604. The molecule has 2 aromatic carbocycles. The molecule has 0 aliphatic heterocycles. The number of ether oxygens (including phenoxy) is 1. The lowest BCUT2D eigenvalue weighted by Gasteiger charge is -2.04. The van der Waals surface area contributed by atoms with Crippen LogP contribution in [0.2, 0.25) is 0 Å². The average Bonchev–Trinajstić information content (AvgIpc) is 2.77. The first-order valence-electron chi connectivity index (χ1n) is 4.95. The minimum absolute atomic E-state index is 0.757. The van der Waals surface area contributed by atoms with Gasteiger partial charge < -0.3 is 4.74 Å². The topological polar surface area (TPSA) is 50.8 Å². The van der Waals surface area contributed by atoms with E-state index in [-0.39, 0.29) is 0 Å². The highest BCUT2D eigenvalue weighted by Crippen LogP contribution is 2.23. The van der Waals surface area contributed by atoms with Gasteiger partial charge in [0.1, 0.15) is 22.5 Å². The van der Waals surface area contributed by atoms with Crippen molar-refractivity contribution in [2.75, 3.05) is 0 Å². The molecule has 0 amide bonds. The van der Waals surface area contributed by atoms with Gasteiger partial charge in [-0.1, -0.05) is 18.2 Å². The van der Waals surface area contributed by atoms with Crippen LogP contribution < -0.4 is 4.74 Å². The molecular formula is C12H9N3O. The molecule has 0 aliphatic carbocycles. The molecule has 0 bridgehead atoms. The minimum Gasteiger partial charge on any atom is -0.457 e. The van der Waals surface area contributed by atoms with Crippen LogP contribution in [-0.4, -0.2) is 15.4 Å². The molecule has 0 atom stereocenters. The predicted molar refractivity (Wildman–Crippen MR) is 60.4 cm³/mol. The van der Waals surface area contributed by atoms with Gasteiger partial charge in [0.25, 0.3) is 0 Å². The summed E-state index contributed by atoms with van der Waals surface area (Å²) in [5, 5.41) is 10.6. The molecule has 4 nitrogen and oxygen atoms in total. The monoisotopic (exact) mass is 211 g/mol. The summed E-state index contributed by atoms with van der Waals surface area (Å²) in [4.78, 5) is 0. The van der Waals surface area contributed by atoms with Gasteiger partial charge in [0.15, 0.2) is 0 Å². The summed E-state index contributed by atoms with van der Waals surface area (Å²) < 4.78 is 5.67. The fourth-order valence-electron chi connectivity index (χ4n) is 1.51. The third-order valence-corrected chi connectivity index (χ3v) is 2.27. The van der Waals surface area contributed by atoms with E-state index in [1.165, 1.54) is 0 Å². The highest BCUT2D eigenvalue weighted by atomic mass is 16.5.